The minimum atomic E-state index is -0.284. The maximum Gasteiger partial charge on any atom is 0.270 e. The number of carbonyl (C=O) groups excluding carboxylic acids is 1. The lowest BCUT2D eigenvalue weighted by atomic mass is 9.92. The molecule has 3 heterocycles. The number of ketones is 1. The number of nitrogens with one attached hydrogen (secondary N) is 1. The fraction of sp³-hybridized carbons (Fsp3) is 0.206. The molecule has 210 valence electrons. The largest absolute Gasteiger partial charge is 0.454 e. The Labute approximate surface area is 243 Å². The van der Waals surface area contributed by atoms with Crippen LogP contribution in [0.15, 0.2) is 89.9 Å². The van der Waals surface area contributed by atoms with Crippen LogP contribution in [0.3, 0.4) is 0 Å². The maximum atomic E-state index is 13.5. The second kappa shape index (κ2) is 10.7. The van der Waals surface area contributed by atoms with E-state index >= 15 is 0 Å². The predicted molar refractivity (Wildman–Crippen MR) is 164 cm³/mol. The van der Waals surface area contributed by atoms with Crippen LogP contribution in [0.2, 0.25) is 0 Å². The van der Waals surface area contributed by atoms with Gasteiger partial charge in [-0.3, -0.25) is 9.59 Å². The number of aromatic amines is 1. The third-order valence-corrected chi connectivity index (χ3v) is 7.24. The fourth-order valence-electron chi connectivity index (χ4n) is 5.01. The molecule has 42 heavy (non-hydrogen) atoms. The number of Topliss-reactive ketones (excluding diaryl/α,β-unsaturated/α-hetero) is 1. The number of ether oxygens (including phenoxy) is 1. The highest BCUT2D eigenvalue weighted by Gasteiger charge is 2.22. The van der Waals surface area contributed by atoms with E-state index in [4.69, 9.17) is 9.84 Å². The molecular formula is C34H31N5O3. The second-order valence-electron chi connectivity index (χ2n) is 11.4. The zero-order chi connectivity index (χ0) is 29.4. The van der Waals surface area contributed by atoms with Crippen molar-refractivity contribution in [2.45, 2.75) is 46.0 Å². The number of aromatic nitrogens is 5. The minimum Gasteiger partial charge on any atom is -0.454 e. The van der Waals surface area contributed by atoms with Gasteiger partial charge < -0.3 is 9.72 Å². The van der Waals surface area contributed by atoms with E-state index in [0.29, 0.717) is 28.4 Å². The maximum absolute atomic E-state index is 13.5. The Kier molecular flexibility index (Phi) is 6.90. The number of para-hydroxylation sites is 1. The first-order valence-electron chi connectivity index (χ1n) is 13.9. The smallest absolute Gasteiger partial charge is 0.270 e. The summed E-state index contributed by atoms with van der Waals surface area (Å²) in [7, 11) is 0. The van der Waals surface area contributed by atoms with E-state index < -0.39 is 0 Å². The van der Waals surface area contributed by atoms with Crippen molar-refractivity contribution >= 4 is 27.7 Å². The zero-order valence-corrected chi connectivity index (χ0v) is 24.0. The molecule has 0 aliphatic carbocycles. The van der Waals surface area contributed by atoms with Crippen LogP contribution in [0.4, 0.5) is 0 Å². The van der Waals surface area contributed by atoms with Gasteiger partial charge in [0.15, 0.2) is 11.4 Å². The number of H-pyrrole nitrogens is 1. The van der Waals surface area contributed by atoms with Gasteiger partial charge in [-0.1, -0.05) is 69.3 Å². The molecule has 0 saturated heterocycles. The summed E-state index contributed by atoms with van der Waals surface area (Å²) < 4.78 is 8.22. The standard InChI is InChI=1S/C34H31N5O3/c1-21-33(41)37-32-31(36-21)29(16-17-35-32)42-28-15-14-22(26-12-8-9-13-27(26)28)18-25(40)19-24-20-30(34(2,3)4)38-39(24)23-10-6-5-7-11-23/h5-17,20H,18-19H2,1-4H3,(H,35,37,41). The first-order chi connectivity index (χ1) is 20.2. The van der Waals surface area contributed by atoms with Crippen molar-refractivity contribution in [3.63, 3.8) is 0 Å². The van der Waals surface area contributed by atoms with E-state index in [-0.39, 0.29) is 29.6 Å². The highest BCUT2D eigenvalue weighted by molar-refractivity contribution is 5.95. The Morgan fingerprint density at radius 1 is 0.905 bits per heavy atom. The fourth-order valence-corrected chi connectivity index (χ4v) is 5.01. The van der Waals surface area contributed by atoms with Crippen molar-refractivity contribution in [2.75, 3.05) is 0 Å². The molecule has 0 aliphatic rings. The number of pyridine rings is 1. The van der Waals surface area contributed by atoms with Crippen molar-refractivity contribution in [1.82, 2.24) is 24.7 Å². The molecule has 0 bridgehead atoms. The van der Waals surface area contributed by atoms with Crippen molar-refractivity contribution in [1.29, 1.82) is 0 Å². The summed E-state index contributed by atoms with van der Waals surface area (Å²) >= 11 is 0. The van der Waals surface area contributed by atoms with Gasteiger partial charge in [0.25, 0.3) is 5.56 Å². The van der Waals surface area contributed by atoms with Gasteiger partial charge in [0, 0.05) is 35.9 Å². The molecule has 0 unspecified atom stereocenters. The first-order valence-corrected chi connectivity index (χ1v) is 13.9. The summed E-state index contributed by atoms with van der Waals surface area (Å²) in [6, 6.07) is 25.4. The second-order valence-corrected chi connectivity index (χ2v) is 11.4. The molecule has 0 atom stereocenters. The van der Waals surface area contributed by atoms with Gasteiger partial charge in [0.2, 0.25) is 0 Å². The molecular weight excluding hydrogens is 526 g/mol. The predicted octanol–water partition coefficient (Wildman–Crippen LogP) is 6.41. The SMILES string of the molecule is Cc1nc2c(Oc3ccc(CC(=O)Cc4cc(C(C)(C)C)nn4-c4ccccc4)c4ccccc34)ccnc2[nH]c1=O. The van der Waals surface area contributed by atoms with E-state index in [1.54, 1.807) is 19.2 Å². The summed E-state index contributed by atoms with van der Waals surface area (Å²) in [6.45, 7) is 8.01. The van der Waals surface area contributed by atoms with Crippen LogP contribution in [0, 0.1) is 6.92 Å². The Morgan fingerprint density at radius 3 is 2.40 bits per heavy atom. The Balaban J connectivity index is 1.31. The van der Waals surface area contributed by atoms with Crippen LogP contribution in [0.25, 0.3) is 27.6 Å². The molecule has 3 aromatic carbocycles. The summed E-state index contributed by atoms with van der Waals surface area (Å²) in [6.07, 6.45) is 2.10. The number of nitrogens with zero attached hydrogens (tertiary/aromatic N) is 4. The molecule has 8 heteroatoms. The lowest BCUT2D eigenvalue weighted by molar-refractivity contribution is -0.117. The van der Waals surface area contributed by atoms with E-state index in [9.17, 15) is 9.59 Å². The third-order valence-electron chi connectivity index (χ3n) is 7.24. The van der Waals surface area contributed by atoms with Crippen LogP contribution < -0.4 is 10.3 Å². The minimum absolute atomic E-state index is 0.0927. The normalized spacial score (nSPS) is 11.7. The van der Waals surface area contributed by atoms with Crippen LogP contribution >= 0.6 is 0 Å². The molecule has 0 saturated carbocycles. The molecule has 6 rings (SSSR count). The van der Waals surface area contributed by atoms with Crippen molar-refractivity contribution < 1.29 is 9.53 Å². The van der Waals surface area contributed by atoms with Crippen molar-refractivity contribution in [2.24, 2.45) is 0 Å². The molecule has 0 aliphatic heterocycles. The van der Waals surface area contributed by atoms with Crippen LogP contribution in [0.1, 0.15) is 43.4 Å². The molecule has 0 amide bonds. The Hall–Kier alpha value is -5.11. The van der Waals surface area contributed by atoms with E-state index in [1.165, 1.54) is 0 Å². The van der Waals surface area contributed by atoms with Crippen LogP contribution in [-0.4, -0.2) is 30.5 Å². The number of fused-ring (bicyclic) bond motifs is 2. The lowest BCUT2D eigenvalue weighted by Gasteiger charge is -2.14. The number of benzene rings is 3. The highest BCUT2D eigenvalue weighted by atomic mass is 16.5. The van der Waals surface area contributed by atoms with Crippen molar-refractivity contribution in [3.8, 4) is 17.2 Å². The molecule has 0 spiro atoms. The third kappa shape index (κ3) is 5.31. The number of hydrogen-bond acceptors (Lipinski definition) is 6. The van der Waals surface area contributed by atoms with Gasteiger partial charge in [-0.15, -0.1) is 0 Å². The molecule has 0 radical (unpaired) electrons. The van der Waals surface area contributed by atoms with Gasteiger partial charge in [-0.25, -0.2) is 14.6 Å². The van der Waals surface area contributed by atoms with E-state index in [1.807, 2.05) is 77.5 Å². The topological polar surface area (TPSA) is 103 Å². The lowest BCUT2D eigenvalue weighted by Crippen LogP contribution is -2.13. The summed E-state index contributed by atoms with van der Waals surface area (Å²) in [5.74, 6) is 1.20. The monoisotopic (exact) mass is 557 g/mol. The van der Waals surface area contributed by atoms with Gasteiger partial charge >= 0.3 is 0 Å². The summed E-state index contributed by atoms with van der Waals surface area (Å²) in [5.41, 5.74) is 4.40. The molecule has 0 fully saturated rings. The Bertz CT molecular complexity index is 2000. The van der Waals surface area contributed by atoms with E-state index in [2.05, 4.69) is 35.7 Å². The molecule has 6 aromatic rings. The van der Waals surface area contributed by atoms with E-state index in [0.717, 1.165) is 33.4 Å². The quantitative estimate of drug-likeness (QED) is 0.243. The van der Waals surface area contributed by atoms with Crippen LogP contribution in [-0.2, 0) is 23.1 Å². The number of hydrogen-bond donors (Lipinski definition) is 1. The average Bonchev–Trinajstić information content (AvgIpc) is 3.40. The zero-order valence-electron chi connectivity index (χ0n) is 24.0. The molecule has 3 aromatic heterocycles. The van der Waals surface area contributed by atoms with Gasteiger partial charge in [-0.2, -0.15) is 5.10 Å². The van der Waals surface area contributed by atoms with Gasteiger partial charge in [0.1, 0.15) is 22.7 Å². The number of aryl methyl sites for hydroxylation is 1. The Morgan fingerprint density at radius 2 is 1.64 bits per heavy atom. The highest BCUT2D eigenvalue weighted by Crippen LogP contribution is 2.34. The molecule has 1 N–H and O–H groups in total. The van der Waals surface area contributed by atoms with Gasteiger partial charge in [0.05, 0.1) is 17.1 Å². The van der Waals surface area contributed by atoms with Gasteiger partial charge in [-0.05, 0) is 42.1 Å². The van der Waals surface area contributed by atoms with Crippen LogP contribution in [0.5, 0.6) is 11.5 Å². The summed E-state index contributed by atoms with van der Waals surface area (Å²) in [5, 5.41) is 6.67. The molecule has 8 nitrogen and oxygen atoms in total. The number of rotatable bonds is 7. The number of carbonyl (C=O) groups is 1. The summed E-state index contributed by atoms with van der Waals surface area (Å²) in [4.78, 5) is 36.9. The average molecular weight is 558 g/mol. The van der Waals surface area contributed by atoms with Crippen molar-refractivity contribution in [3.05, 3.63) is 118 Å². The first kappa shape index (κ1) is 27.1.